The van der Waals surface area contributed by atoms with Crippen molar-refractivity contribution in [3.63, 3.8) is 0 Å². The molecule has 0 aliphatic carbocycles. The number of hydrogen-bond donors (Lipinski definition) is 0. The van der Waals surface area contributed by atoms with E-state index in [0.717, 1.165) is 4.90 Å². The van der Waals surface area contributed by atoms with Gasteiger partial charge in [-0.15, -0.1) is 0 Å². The van der Waals surface area contributed by atoms with E-state index < -0.39 is 34.8 Å². The fraction of sp³-hybridized carbons (Fsp3) is 0.607. The lowest BCUT2D eigenvalue weighted by Crippen LogP contribution is -2.46. The van der Waals surface area contributed by atoms with Crippen LogP contribution >= 0.6 is 0 Å². The minimum Gasteiger partial charge on any atom is -0.468 e. The third-order valence-electron chi connectivity index (χ3n) is 6.00. The summed E-state index contributed by atoms with van der Waals surface area (Å²) in [7, 11) is 1.35. The maximum Gasteiger partial charge on any atom is 0.419 e. The number of imide groups is 1. The minimum atomic E-state index is -1.05. The SMILES string of the molecule is CC[C@H](CC[C@@](C)(C(=O)OC)c1cn(-c2ccccn2)cn1)CN(C(=O)OC(C)(C)C)C(=O)OC(C)(C)C. The number of ether oxygens (including phenoxy) is 3. The molecular formula is C28H42N4O6. The molecule has 2 aromatic rings. The zero-order valence-corrected chi connectivity index (χ0v) is 24.1. The molecule has 0 radical (unpaired) electrons. The van der Waals surface area contributed by atoms with E-state index in [1.54, 1.807) is 71.8 Å². The van der Waals surface area contributed by atoms with E-state index in [0.29, 0.717) is 30.8 Å². The molecule has 0 spiro atoms. The number of carbonyl (C=O) groups is 3. The summed E-state index contributed by atoms with van der Waals surface area (Å²) in [6, 6.07) is 5.53. The van der Waals surface area contributed by atoms with Crippen LogP contribution in [0.1, 0.15) is 80.3 Å². The number of pyridine rings is 1. The Morgan fingerprint density at radius 2 is 1.58 bits per heavy atom. The normalized spacial score (nSPS) is 14.2. The van der Waals surface area contributed by atoms with E-state index in [-0.39, 0.29) is 12.5 Å². The molecule has 38 heavy (non-hydrogen) atoms. The lowest BCUT2D eigenvalue weighted by molar-refractivity contribution is -0.147. The summed E-state index contributed by atoms with van der Waals surface area (Å²) < 4.78 is 17.9. The average Bonchev–Trinajstić information content (AvgIpc) is 3.32. The molecule has 2 atom stereocenters. The zero-order valence-electron chi connectivity index (χ0n) is 24.1. The van der Waals surface area contributed by atoms with Crippen molar-refractivity contribution in [2.45, 2.75) is 91.3 Å². The van der Waals surface area contributed by atoms with Crippen molar-refractivity contribution < 1.29 is 28.6 Å². The summed E-state index contributed by atoms with van der Waals surface area (Å²) in [6.07, 6.45) is 5.08. The molecule has 10 heteroatoms. The van der Waals surface area contributed by atoms with E-state index in [4.69, 9.17) is 14.2 Å². The van der Waals surface area contributed by atoms with Crippen LogP contribution in [0.2, 0.25) is 0 Å². The fourth-order valence-electron chi connectivity index (χ4n) is 3.83. The minimum absolute atomic E-state index is 0.0833. The first-order chi connectivity index (χ1) is 17.6. The lowest BCUT2D eigenvalue weighted by Gasteiger charge is -2.32. The summed E-state index contributed by atoms with van der Waals surface area (Å²) in [5, 5.41) is 0. The number of methoxy groups -OCH3 is 1. The van der Waals surface area contributed by atoms with Crippen LogP contribution in [-0.2, 0) is 24.4 Å². The lowest BCUT2D eigenvalue weighted by atomic mass is 9.79. The number of rotatable bonds is 9. The van der Waals surface area contributed by atoms with Crippen molar-refractivity contribution in [3.8, 4) is 5.82 Å². The molecule has 2 amide bonds. The van der Waals surface area contributed by atoms with Crippen molar-refractivity contribution in [2.24, 2.45) is 5.92 Å². The number of esters is 1. The molecule has 210 valence electrons. The molecule has 0 saturated carbocycles. The van der Waals surface area contributed by atoms with E-state index >= 15 is 0 Å². The molecule has 0 bridgehead atoms. The number of amides is 2. The molecule has 0 aliphatic rings. The van der Waals surface area contributed by atoms with Crippen LogP contribution in [0.3, 0.4) is 0 Å². The highest BCUT2D eigenvalue weighted by Gasteiger charge is 2.40. The third kappa shape index (κ3) is 8.56. The fourth-order valence-corrected chi connectivity index (χ4v) is 3.83. The first kappa shape index (κ1) is 30.8. The molecule has 2 heterocycles. The summed E-state index contributed by atoms with van der Waals surface area (Å²) in [5.41, 5.74) is -2.07. The van der Waals surface area contributed by atoms with Gasteiger partial charge in [-0.25, -0.2) is 24.5 Å². The molecule has 0 saturated heterocycles. The Hall–Kier alpha value is -3.43. The van der Waals surface area contributed by atoms with Crippen LogP contribution < -0.4 is 0 Å². The van der Waals surface area contributed by atoms with E-state index in [1.807, 2.05) is 25.1 Å². The first-order valence-corrected chi connectivity index (χ1v) is 12.9. The topological polar surface area (TPSA) is 113 Å². The van der Waals surface area contributed by atoms with Gasteiger partial charge in [-0.1, -0.05) is 19.4 Å². The second-order valence-corrected chi connectivity index (χ2v) is 11.6. The largest absolute Gasteiger partial charge is 0.468 e. The van der Waals surface area contributed by atoms with Crippen molar-refractivity contribution in [2.75, 3.05) is 13.7 Å². The van der Waals surface area contributed by atoms with Crippen LogP contribution in [0, 0.1) is 5.92 Å². The van der Waals surface area contributed by atoms with E-state index in [2.05, 4.69) is 9.97 Å². The Kier molecular flexibility index (Phi) is 10.1. The predicted octanol–water partition coefficient (Wildman–Crippen LogP) is 5.68. The Labute approximate surface area is 225 Å². The monoisotopic (exact) mass is 530 g/mol. The van der Waals surface area contributed by atoms with Crippen LogP contribution in [-0.4, -0.2) is 62.4 Å². The first-order valence-electron chi connectivity index (χ1n) is 12.9. The summed E-state index contributed by atoms with van der Waals surface area (Å²) in [4.78, 5) is 48.7. The molecule has 10 nitrogen and oxygen atoms in total. The van der Waals surface area contributed by atoms with Crippen molar-refractivity contribution in [1.29, 1.82) is 0 Å². The quantitative estimate of drug-likeness (QED) is 0.301. The number of hydrogen-bond acceptors (Lipinski definition) is 8. The van der Waals surface area contributed by atoms with Gasteiger partial charge in [0, 0.05) is 18.9 Å². The Balaban J connectivity index is 2.27. The second-order valence-electron chi connectivity index (χ2n) is 11.6. The number of aromatic nitrogens is 3. The van der Waals surface area contributed by atoms with Gasteiger partial charge in [0.1, 0.15) is 28.8 Å². The van der Waals surface area contributed by atoms with Gasteiger partial charge in [-0.05, 0) is 79.4 Å². The maximum absolute atomic E-state index is 13.0. The van der Waals surface area contributed by atoms with Crippen LogP contribution in [0.5, 0.6) is 0 Å². The molecular weight excluding hydrogens is 488 g/mol. The van der Waals surface area contributed by atoms with Crippen molar-refractivity contribution >= 4 is 18.2 Å². The van der Waals surface area contributed by atoms with Gasteiger partial charge >= 0.3 is 18.2 Å². The standard InChI is InChI=1S/C28H42N4O6/c1-10-20(17-32(24(34)37-26(2,3)4)25(35)38-27(5,6)7)14-15-28(8,23(33)36-9)21-18-31(19-30-21)22-13-11-12-16-29-22/h11-13,16,18-20H,10,14-15,17H2,1-9H3/t20-,28-/m1/s1. The van der Waals surface area contributed by atoms with Crippen LogP contribution in [0.4, 0.5) is 9.59 Å². The van der Waals surface area contributed by atoms with Gasteiger partial charge in [-0.2, -0.15) is 0 Å². The van der Waals surface area contributed by atoms with Gasteiger partial charge < -0.3 is 14.2 Å². The van der Waals surface area contributed by atoms with Gasteiger partial charge in [-0.3, -0.25) is 9.36 Å². The highest BCUT2D eigenvalue weighted by Crippen LogP contribution is 2.32. The van der Waals surface area contributed by atoms with E-state index in [1.165, 1.54) is 7.11 Å². The number of imidazole rings is 1. The summed E-state index contributed by atoms with van der Waals surface area (Å²) in [5.74, 6) is 0.127. The smallest absolute Gasteiger partial charge is 0.419 e. The molecule has 0 aromatic carbocycles. The van der Waals surface area contributed by atoms with Crippen LogP contribution in [0.25, 0.3) is 5.82 Å². The molecule has 0 aliphatic heterocycles. The molecule has 2 rings (SSSR count). The number of nitrogens with zero attached hydrogens (tertiary/aromatic N) is 4. The second kappa shape index (κ2) is 12.4. The molecule has 0 unspecified atom stereocenters. The summed E-state index contributed by atoms with van der Waals surface area (Å²) >= 11 is 0. The highest BCUT2D eigenvalue weighted by atomic mass is 16.6. The predicted molar refractivity (Wildman–Crippen MR) is 143 cm³/mol. The third-order valence-corrected chi connectivity index (χ3v) is 6.00. The van der Waals surface area contributed by atoms with Gasteiger partial charge in [0.2, 0.25) is 0 Å². The molecule has 0 fully saturated rings. The zero-order chi connectivity index (χ0) is 28.7. The molecule has 0 N–H and O–H groups in total. The van der Waals surface area contributed by atoms with Crippen LogP contribution in [0.15, 0.2) is 36.9 Å². The highest BCUT2D eigenvalue weighted by molar-refractivity contribution is 5.88. The molecule has 2 aromatic heterocycles. The average molecular weight is 531 g/mol. The van der Waals surface area contributed by atoms with Crippen molar-refractivity contribution in [1.82, 2.24) is 19.4 Å². The van der Waals surface area contributed by atoms with Gasteiger partial charge in [0.05, 0.1) is 12.8 Å². The van der Waals surface area contributed by atoms with Gasteiger partial charge in [0.15, 0.2) is 0 Å². The summed E-state index contributed by atoms with van der Waals surface area (Å²) in [6.45, 7) is 14.3. The van der Waals surface area contributed by atoms with Crippen molar-refractivity contribution in [3.05, 3.63) is 42.6 Å². The van der Waals surface area contributed by atoms with Gasteiger partial charge in [0.25, 0.3) is 0 Å². The maximum atomic E-state index is 13.0. The number of carbonyl (C=O) groups excluding carboxylic acids is 3. The Bertz CT molecular complexity index is 1060. The Morgan fingerprint density at radius 3 is 2.05 bits per heavy atom. The van der Waals surface area contributed by atoms with E-state index in [9.17, 15) is 14.4 Å². The Morgan fingerprint density at radius 1 is 0.974 bits per heavy atom.